The van der Waals surface area contributed by atoms with Crippen molar-refractivity contribution in [1.82, 2.24) is 4.90 Å². The summed E-state index contributed by atoms with van der Waals surface area (Å²) in [5, 5.41) is 0. The SMILES string of the molecule is COCc1cc(C(=O)N2CCC(C)CC2)ccc1OC. The van der Waals surface area contributed by atoms with E-state index in [9.17, 15) is 4.79 Å². The fourth-order valence-electron chi connectivity index (χ4n) is 2.57. The smallest absolute Gasteiger partial charge is 0.253 e. The van der Waals surface area contributed by atoms with Crippen molar-refractivity contribution in [3.8, 4) is 5.75 Å². The van der Waals surface area contributed by atoms with Gasteiger partial charge in [-0.1, -0.05) is 6.92 Å². The lowest BCUT2D eigenvalue weighted by molar-refractivity contribution is 0.0697. The maximum atomic E-state index is 12.5. The monoisotopic (exact) mass is 277 g/mol. The molecule has 1 aromatic carbocycles. The van der Waals surface area contributed by atoms with Gasteiger partial charge in [0.05, 0.1) is 13.7 Å². The van der Waals surface area contributed by atoms with Crippen LogP contribution >= 0.6 is 0 Å². The largest absolute Gasteiger partial charge is 0.496 e. The van der Waals surface area contributed by atoms with Gasteiger partial charge in [0.15, 0.2) is 0 Å². The maximum absolute atomic E-state index is 12.5. The molecule has 110 valence electrons. The quantitative estimate of drug-likeness (QED) is 0.849. The Labute approximate surface area is 120 Å². The molecular weight excluding hydrogens is 254 g/mol. The number of nitrogens with zero attached hydrogens (tertiary/aromatic N) is 1. The Bertz CT molecular complexity index is 465. The number of ether oxygens (including phenoxy) is 2. The fraction of sp³-hybridized carbons (Fsp3) is 0.562. The number of piperidine rings is 1. The number of methoxy groups -OCH3 is 2. The minimum atomic E-state index is 0.108. The third-order valence-electron chi connectivity index (χ3n) is 3.90. The van der Waals surface area contributed by atoms with Gasteiger partial charge in [0.1, 0.15) is 5.75 Å². The highest BCUT2D eigenvalue weighted by molar-refractivity contribution is 5.94. The number of amides is 1. The van der Waals surface area contributed by atoms with Gasteiger partial charge in [-0.25, -0.2) is 0 Å². The van der Waals surface area contributed by atoms with Crippen LogP contribution in [0.5, 0.6) is 5.75 Å². The Kier molecular flexibility index (Phi) is 5.01. The molecule has 4 heteroatoms. The van der Waals surface area contributed by atoms with Crippen LogP contribution in [0.4, 0.5) is 0 Å². The number of carbonyl (C=O) groups is 1. The van der Waals surface area contributed by atoms with Crippen molar-refractivity contribution in [2.45, 2.75) is 26.4 Å². The zero-order chi connectivity index (χ0) is 14.5. The number of hydrogen-bond acceptors (Lipinski definition) is 3. The minimum absolute atomic E-state index is 0.108. The summed E-state index contributed by atoms with van der Waals surface area (Å²) in [7, 11) is 3.27. The van der Waals surface area contributed by atoms with Crippen LogP contribution in [0, 0.1) is 5.92 Å². The first-order valence-electron chi connectivity index (χ1n) is 7.10. The van der Waals surface area contributed by atoms with Gasteiger partial charge >= 0.3 is 0 Å². The molecule has 0 radical (unpaired) electrons. The van der Waals surface area contributed by atoms with Gasteiger partial charge in [-0.2, -0.15) is 0 Å². The number of carbonyl (C=O) groups excluding carboxylic acids is 1. The van der Waals surface area contributed by atoms with E-state index in [4.69, 9.17) is 9.47 Å². The highest BCUT2D eigenvalue weighted by Crippen LogP contribution is 2.23. The minimum Gasteiger partial charge on any atom is -0.496 e. The van der Waals surface area contributed by atoms with Crippen molar-refractivity contribution < 1.29 is 14.3 Å². The van der Waals surface area contributed by atoms with Crippen LogP contribution in [-0.4, -0.2) is 38.1 Å². The Hall–Kier alpha value is -1.55. The van der Waals surface area contributed by atoms with E-state index in [1.54, 1.807) is 14.2 Å². The highest BCUT2D eigenvalue weighted by Gasteiger charge is 2.22. The van der Waals surface area contributed by atoms with Crippen LogP contribution in [0.3, 0.4) is 0 Å². The molecule has 0 bridgehead atoms. The van der Waals surface area contributed by atoms with Crippen molar-refractivity contribution in [3.63, 3.8) is 0 Å². The zero-order valence-corrected chi connectivity index (χ0v) is 12.5. The van der Waals surface area contributed by atoms with Crippen molar-refractivity contribution in [1.29, 1.82) is 0 Å². The van der Waals surface area contributed by atoms with Crippen LogP contribution in [0.15, 0.2) is 18.2 Å². The van der Waals surface area contributed by atoms with E-state index in [0.717, 1.165) is 43.2 Å². The lowest BCUT2D eigenvalue weighted by atomic mass is 9.98. The Balaban J connectivity index is 2.15. The van der Waals surface area contributed by atoms with Crippen molar-refractivity contribution in [3.05, 3.63) is 29.3 Å². The first-order valence-corrected chi connectivity index (χ1v) is 7.10. The first-order chi connectivity index (χ1) is 9.65. The molecule has 0 atom stereocenters. The zero-order valence-electron chi connectivity index (χ0n) is 12.5. The van der Waals surface area contributed by atoms with Crippen LogP contribution in [0.2, 0.25) is 0 Å². The molecule has 0 unspecified atom stereocenters. The molecule has 0 aliphatic carbocycles. The topological polar surface area (TPSA) is 38.8 Å². The van der Waals surface area contributed by atoms with E-state index in [2.05, 4.69) is 6.92 Å². The Morgan fingerprint density at radius 3 is 2.60 bits per heavy atom. The van der Waals surface area contributed by atoms with Crippen LogP contribution in [-0.2, 0) is 11.3 Å². The fourth-order valence-corrected chi connectivity index (χ4v) is 2.57. The second-order valence-corrected chi connectivity index (χ2v) is 5.43. The Morgan fingerprint density at radius 2 is 2.00 bits per heavy atom. The van der Waals surface area contributed by atoms with Gasteiger partial charge in [-0.15, -0.1) is 0 Å². The van der Waals surface area contributed by atoms with Crippen LogP contribution in [0.1, 0.15) is 35.7 Å². The van der Waals surface area contributed by atoms with E-state index >= 15 is 0 Å². The third kappa shape index (κ3) is 3.31. The number of hydrogen-bond donors (Lipinski definition) is 0. The number of likely N-dealkylation sites (tertiary alicyclic amines) is 1. The summed E-state index contributed by atoms with van der Waals surface area (Å²) in [6.07, 6.45) is 2.18. The average molecular weight is 277 g/mol. The van der Waals surface area contributed by atoms with Gasteiger partial charge in [0.2, 0.25) is 0 Å². The molecule has 0 aromatic heterocycles. The molecule has 1 aliphatic rings. The molecule has 1 aliphatic heterocycles. The lowest BCUT2D eigenvalue weighted by Crippen LogP contribution is -2.37. The summed E-state index contributed by atoms with van der Waals surface area (Å²) >= 11 is 0. The van der Waals surface area contributed by atoms with Crippen LogP contribution in [0.25, 0.3) is 0 Å². The molecule has 1 heterocycles. The molecule has 2 rings (SSSR count). The number of rotatable bonds is 4. The molecule has 0 N–H and O–H groups in total. The van der Waals surface area contributed by atoms with E-state index < -0.39 is 0 Å². The van der Waals surface area contributed by atoms with Crippen LogP contribution < -0.4 is 4.74 Å². The Morgan fingerprint density at radius 1 is 1.30 bits per heavy atom. The van der Waals surface area contributed by atoms with Crippen molar-refractivity contribution in [2.75, 3.05) is 27.3 Å². The summed E-state index contributed by atoms with van der Waals surface area (Å²) in [6.45, 7) is 4.39. The first kappa shape index (κ1) is 14.9. The summed E-state index contributed by atoms with van der Waals surface area (Å²) in [4.78, 5) is 14.4. The second kappa shape index (κ2) is 6.75. The molecule has 1 saturated heterocycles. The molecular formula is C16H23NO3. The molecule has 1 aromatic rings. The predicted octanol–water partition coefficient (Wildman–Crippen LogP) is 2.71. The predicted molar refractivity (Wildman–Crippen MR) is 78.0 cm³/mol. The molecule has 1 fully saturated rings. The second-order valence-electron chi connectivity index (χ2n) is 5.43. The maximum Gasteiger partial charge on any atom is 0.253 e. The summed E-state index contributed by atoms with van der Waals surface area (Å²) in [6, 6.07) is 5.55. The molecule has 20 heavy (non-hydrogen) atoms. The van der Waals surface area contributed by atoms with E-state index in [-0.39, 0.29) is 5.91 Å². The molecule has 1 amide bonds. The van der Waals surface area contributed by atoms with Gasteiger partial charge in [0, 0.05) is 31.3 Å². The highest BCUT2D eigenvalue weighted by atomic mass is 16.5. The summed E-state index contributed by atoms with van der Waals surface area (Å²) < 4.78 is 10.4. The normalized spacial score (nSPS) is 16.2. The molecule has 4 nitrogen and oxygen atoms in total. The van der Waals surface area contributed by atoms with Crippen molar-refractivity contribution in [2.24, 2.45) is 5.92 Å². The van der Waals surface area contributed by atoms with Crippen molar-refractivity contribution >= 4 is 5.91 Å². The van der Waals surface area contributed by atoms with Gasteiger partial charge in [-0.05, 0) is 37.0 Å². The lowest BCUT2D eigenvalue weighted by Gasteiger charge is -2.30. The number of benzene rings is 1. The molecule has 0 spiro atoms. The van der Waals surface area contributed by atoms with E-state index in [1.165, 1.54) is 0 Å². The summed E-state index contributed by atoms with van der Waals surface area (Å²) in [5.41, 5.74) is 1.62. The van der Waals surface area contributed by atoms with Gasteiger partial charge in [0.25, 0.3) is 5.91 Å². The summed E-state index contributed by atoms with van der Waals surface area (Å²) in [5.74, 6) is 1.59. The third-order valence-corrected chi connectivity index (χ3v) is 3.90. The average Bonchev–Trinajstić information content (AvgIpc) is 2.47. The standard InChI is InChI=1S/C16H23NO3/c1-12-6-8-17(9-7-12)16(18)13-4-5-15(20-3)14(10-13)11-19-2/h4-5,10,12H,6-9,11H2,1-3H3. The van der Waals surface area contributed by atoms with Gasteiger partial charge in [-0.3, -0.25) is 4.79 Å². The van der Waals surface area contributed by atoms with E-state index in [1.807, 2.05) is 23.1 Å². The molecule has 0 saturated carbocycles. The van der Waals surface area contributed by atoms with Gasteiger partial charge < -0.3 is 14.4 Å². The van der Waals surface area contributed by atoms with E-state index in [0.29, 0.717) is 12.2 Å².